The van der Waals surface area contributed by atoms with Crippen molar-refractivity contribution in [3.63, 3.8) is 0 Å². The first-order valence-electron chi connectivity index (χ1n) is 3.43. The zero-order valence-electron chi connectivity index (χ0n) is 5.93. The molecule has 9 heavy (non-hydrogen) atoms. The Bertz CT molecular complexity index is 92.9. The van der Waals surface area contributed by atoms with Crippen LogP contribution in [0.2, 0.25) is 0 Å². The molecule has 1 rings (SSSR count). The Kier molecular flexibility index (Phi) is 2.06. The molecule has 1 aliphatic heterocycles. The summed E-state index contributed by atoms with van der Waals surface area (Å²) in [6.07, 6.45) is -0.718. The Morgan fingerprint density at radius 2 is 2.11 bits per heavy atom. The van der Waals surface area contributed by atoms with Gasteiger partial charge in [0, 0.05) is 5.92 Å². The summed E-state index contributed by atoms with van der Waals surface area (Å²) in [6.45, 7) is 4.99. The first kappa shape index (κ1) is 7.00. The Morgan fingerprint density at radius 3 is 2.33 bits per heavy atom. The molecular formula is C7H13FO. The van der Waals surface area contributed by atoms with Crippen LogP contribution in [0.3, 0.4) is 0 Å². The predicted octanol–water partition coefficient (Wildman–Crippen LogP) is 1.63. The molecule has 0 saturated carbocycles. The fourth-order valence-electron chi connectivity index (χ4n) is 1.15. The maximum Gasteiger partial charge on any atom is 0.129 e. The number of hydrogen-bond acceptors (Lipinski definition) is 1. The van der Waals surface area contributed by atoms with E-state index in [2.05, 4.69) is 0 Å². The van der Waals surface area contributed by atoms with Crippen molar-refractivity contribution in [1.29, 1.82) is 0 Å². The molecule has 0 spiro atoms. The summed E-state index contributed by atoms with van der Waals surface area (Å²) in [6, 6.07) is 0. The van der Waals surface area contributed by atoms with Gasteiger partial charge in [0.1, 0.15) is 6.17 Å². The largest absolute Gasteiger partial charge is 0.378 e. The number of rotatable bonds is 1. The normalized spacial score (nSPS) is 36.0. The lowest BCUT2D eigenvalue weighted by molar-refractivity contribution is 0.170. The Balaban J connectivity index is 2.40. The van der Waals surface area contributed by atoms with Crippen LogP contribution in [0, 0.1) is 11.8 Å². The first-order valence-corrected chi connectivity index (χ1v) is 3.43. The summed E-state index contributed by atoms with van der Waals surface area (Å²) >= 11 is 0. The van der Waals surface area contributed by atoms with Crippen molar-refractivity contribution in [3.8, 4) is 0 Å². The summed E-state index contributed by atoms with van der Waals surface area (Å²) < 4.78 is 17.7. The molecule has 1 nitrogen and oxygen atoms in total. The van der Waals surface area contributed by atoms with Gasteiger partial charge in [-0.1, -0.05) is 13.8 Å². The van der Waals surface area contributed by atoms with E-state index in [9.17, 15) is 4.39 Å². The Labute approximate surface area is 55.2 Å². The summed E-state index contributed by atoms with van der Waals surface area (Å²) in [7, 11) is 0. The molecule has 1 saturated heterocycles. The molecule has 1 fully saturated rings. The monoisotopic (exact) mass is 132 g/mol. The van der Waals surface area contributed by atoms with Crippen LogP contribution in [0.5, 0.6) is 0 Å². The summed E-state index contributed by atoms with van der Waals surface area (Å²) in [5.74, 6) is 0.562. The molecule has 1 unspecified atom stereocenters. The van der Waals surface area contributed by atoms with Gasteiger partial charge in [-0.05, 0) is 5.92 Å². The minimum Gasteiger partial charge on any atom is -0.378 e. The van der Waals surface area contributed by atoms with Crippen molar-refractivity contribution >= 4 is 0 Å². The third-order valence-electron chi connectivity index (χ3n) is 1.91. The average molecular weight is 132 g/mol. The highest BCUT2D eigenvalue weighted by Crippen LogP contribution is 2.23. The minimum atomic E-state index is -0.718. The highest BCUT2D eigenvalue weighted by Gasteiger charge is 2.29. The molecule has 2 atom stereocenters. The van der Waals surface area contributed by atoms with Crippen molar-refractivity contribution in [1.82, 2.24) is 0 Å². The van der Waals surface area contributed by atoms with Gasteiger partial charge in [0.15, 0.2) is 0 Å². The molecule has 0 amide bonds. The molecule has 0 aliphatic carbocycles. The van der Waals surface area contributed by atoms with Crippen molar-refractivity contribution in [2.24, 2.45) is 11.8 Å². The molecule has 0 bridgehead atoms. The lowest BCUT2D eigenvalue weighted by Crippen LogP contribution is -2.18. The minimum absolute atomic E-state index is 0.144. The molecule has 54 valence electrons. The van der Waals surface area contributed by atoms with Gasteiger partial charge in [-0.15, -0.1) is 0 Å². The van der Waals surface area contributed by atoms with Gasteiger partial charge in [0.05, 0.1) is 13.2 Å². The smallest absolute Gasteiger partial charge is 0.129 e. The van der Waals surface area contributed by atoms with E-state index < -0.39 is 6.17 Å². The maximum atomic E-state index is 12.7. The number of alkyl halides is 1. The molecule has 0 aromatic heterocycles. The van der Waals surface area contributed by atoms with Crippen molar-refractivity contribution in [2.75, 3.05) is 13.2 Å². The zero-order chi connectivity index (χ0) is 6.85. The van der Waals surface area contributed by atoms with Crippen LogP contribution >= 0.6 is 0 Å². The van der Waals surface area contributed by atoms with E-state index in [1.165, 1.54) is 0 Å². The summed E-state index contributed by atoms with van der Waals surface area (Å²) in [5, 5.41) is 0. The molecule has 0 aromatic carbocycles. The number of halogens is 1. The summed E-state index contributed by atoms with van der Waals surface area (Å²) in [5.41, 5.74) is 0. The second-order valence-corrected chi connectivity index (χ2v) is 2.96. The molecular weight excluding hydrogens is 119 g/mol. The lowest BCUT2D eigenvalue weighted by atomic mass is 9.94. The van der Waals surface area contributed by atoms with E-state index in [-0.39, 0.29) is 5.92 Å². The van der Waals surface area contributed by atoms with Crippen LogP contribution in [0.1, 0.15) is 13.8 Å². The van der Waals surface area contributed by atoms with Crippen LogP contribution in [0.15, 0.2) is 0 Å². The SMILES string of the molecule is CC(C)C1COC[C@H]1F. The van der Waals surface area contributed by atoms with Gasteiger partial charge in [0.2, 0.25) is 0 Å². The van der Waals surface area contributed by atoms with E-state index in [0.717, 1.165) is 0 Å². The van der Waals surface area contributed by atoms with Crippen LogP contribution in [-0.4, -0.2) is 19.4 Å². The van der Waals surface area contributed by atoms with E-state index in [1.807, 2.05) is 13.8 Å². The Morgan fingerprint density at radius 1 is 1.44 bits per heavy atom. The van der Waals surface area contributed by atoms with Gasteiger partial charge in [0.25, 0.3) is 0 Å². The third kappa shape index (κ3) is 1.42. The molecule has 1 heterocycles. The average Bonchev–Trinajstić information content (AvgIpc) is 2.13. The van der Waals surface area contributed by atoms with Crippen LogP contribution in [0.4, 0.5) is 4.39 Å². The zero-order valence-corrected chi connectivity index (χ0v) is 5.93. The molecule has 0 radical (unpaired) electrons. The Hall–Kier alpha value is -0.110. The predicted molar refractivity (Wildman–Crippen MR) is 34.0 cm³/mol. The van der Waals surface area contributed by atoms with Gasteiger partial charge in [-0.3, -0.25) is 0 Å². The molecule has 1 aliphatic rings. The van der Waals surface area contributed by atoms with Crippen molar-refractivity contribution in [3.05, 3.63) is 0 Å². The first-order chi connectivity index (χ1) is 4.22. The quantitative estimate of drug-likeness (QED) is 0.527. The fraction of sp³-hybridized carbons (Fsp3) is 1.00. The number of hydrogen-bond donors (Lipinski definition) is 0. The molecule has 2 heteroatoms. The molecule has 0 aromatic rings. The number of ether oxygens (including phenoxy) is 1. The van der Waals surface area contributed by atoms with Crippen molar-refractivity contribution < 1.29 is 9.13 Å². The second kappa shape index (κ2) is 2.65. The van der Waals surface area contributed by atoms with E-state index >= 15 is 0 Å². The third-order valence-corrected chi connectivity index (χ3v) is 1.91. The van der Waals surface area contributed by atoms with Gasteiger partial charge < -0.3 is 4.74 Å². The second-order valence-electron chi connectivity index (χ2n) is 2.96. The highest BCUT2D eigenvalue weighted by atomic mass is 19.1. The van der Waals surface area contributed by atoms with Crippen molar-refractivity contribution in [2.45, 2.75) is 20.0 Å². The van der Waals surface area contributed by atoms with Gasteiger partial charge in [-0.25, -0.2) is 4.39 Å². The standard InChI is InChI=1S/C7H13FO/c1-5(2)6-3-9-4-7(6)8/h5-7H,3-4H2,1-2H3/t6?,7-/m1/s1. The van der Waals surface area contributed by atoms with E-state index in [0.29, 0.717) is 19.1 Å². The van der Waals surface area contributed by atoms with E-state index in [4.69, 9.17) is 4.74 Å². The van der Waals surface area contributed by atoms with Gasteiger partial charge in [-0.2, -0.15) is 0 Å². The van der Waals surface area contributed by atoms with Crippen LogP contribution in [-0.2, 0) is 4.74 Å². The topological polar surface area (TPSA) is 9.23 Å². The summed E-state index contributed by atoms with van der Waals surface area (Å²) in [4.78, 5) is 0. The maximum absolute atomic E-state index is 12.7. The molecule has 0 N–H and O–H groups in total. The fourth-order valence-corrected chi connectivity index (χ4v) is 1.15. The van der Waals surface area contributed by atoms with E-state index in [1.54, 1.807) is 0 Å². The van der Waals surface area contributed by atoms with Gasteiger partial charge >= 0.3 is 0 Å². The van der Waals surface area contributed by atoms with Crippen LogP contribution < -0.4 is 0 Å². The lowest BCUT2D eigenvalue weighted by Gasteiger charge is -2.13. The van der Waals surface area contributed by atoms with Crippen LogP contribution in [0.25, 0.3) is 0 Å². The highest BCUT2D eigenvalue weighted by molar-refractivity contribution is 4.76.